The predicted molar refractivity (Wildman–Crippen MR) is 83.6 cm³/mol. The van der Waals surface area contributed by atoms with Gasteiger partial charge in [-0.15, -0.1) is 0 Å². The van der Waals surface area contributed by atoms with E-state index in [1.165, 1.54) is 6.07 Å². The Kier molecular flexibility index (Phi) is 3.94. The predicted octanol–water partition coefficient (Wildman–Crippen LogP) is 2.25. The number of hydrogen-bond acceptors (Lipinski definition) is 5. The number of hydrazine groups is 1. The van der Waals surface area contributed by atoms with Gasteiger partial charge in [0.05, 0.1) is 6.04 Å². The Balaban J connectivity index is 1.81. The molecule has 0 amide bonds. The molecule has 1 aromatic carbocycles. The maximum Gasteiger partial charge on any atom is 0.295 e. The lowest BCUT2D eigenvalue weighted by atomic mass is 9.96. The van der Waals surface area contributed by atoms with Crippen molar-refractivity contribution in [3.63, 3.8) is 0 Å². The van der Waals surface area contributed by atoms with E-state index in [0.717, 1.165) is 0 Å². The van der Waals surface area contributed by atoms with Gasteiger partial charge >= 0.3 is 0 Å². The number of sulfonamides is 1. The fourth-order valence-corrected chi connectivity index (χ4v) is 3.46. The van der Waals surface area contributed by atoms with Gasteiger partial charge in [0.15, 0.2) is 0 Å². The number of rotatable bonds is 4. The topological polar surface area (TPSA) is 83.4 Å². The molecule has 3 atom stereocenters. The Labute approximate surface area is 129 Å². The molecule has 0 saturated carbocycles. The van der Waals surface area contributed by atoms with Crippen LogP contribution in [0.25, 0.3) is 0 Å². The van der Waals surface area contributed by atoms with Gasteiger partial charge in [0.25, 0.3) is 10.0 Å². The summed E-state index contributed by atoms with van der Waals surface area (Å²) in [6, 6.07) is 12.2. The van der Waals surface area contributed by atoms with E-state index in [1.807, 2.05) is 6.07 Å². The Hall–Kier alpha value is -1.83. The summed E-state index contributed by atoms with van der Waals surface area (Å²) in [6.45, 7) is 4.15. The number of furan rings is 1. The van der Waals surface area contributed by atoms with Gasteiger partial charge in [-0.05, 0) is 37.1 Å². The van der Waals surface area contributed by atoms with Crippen LogP contribution in [0.5, 0.6) is 0 Å². The number of hydrogen-bond donors (Lipinski definition) is 3. The van der Waals surface area contributed by atoms with Crippen molar-refractivity contribution in [2.75, 3.05) is 4.72 Å². The molecular formula is C15H19N3O3S. The minimum absolute atomic E-state index is 0.0457. The van der Waals surface area contributed by atoms with Crippen molar-refractivity contribution in [3.05, 3.63) is 48.2 Å². The van der Waals surface area contributed by atoms with Crippen LogP contribution in [0.3, 0.4) is 0 Å². The van der Waals surface area contributed by atoms with Gasteiger partial charge in [-0.1, -0.05) is 25.1 Å². The lowest BCUT2D eigenvalue weighted by Crippen LogP contribution is -2.29. The van der Waals surface area contributed by atoms with Crippen LogP contribution in [-0.2, 0) is 10.0 Å². The van der Waals surface area contributed by atoms with Crippen molar-refractivity contribution in [2.24, 2.45) is 5.92 Å². The highest BCUT2D eigenvalue weighted by atomic mass is 32.2. The maximum atomic E-state index is 12.3. The Morgan fingerprint density at radius 1 is 1.05 bits per heavy atom. The average molecular weight is 321 g/mol. The van der Waals surface area contributed by atoms with Crippen LogP contribution in [0.15, 0.2) is 52.0 Å². The number of para-hydroxylation sites is 1. The van der Waals surface area contributed by atoms with E-state index in [9.17, 15) is 8.42 Å². The molecule has 1 aliphatic heterocycles. The summed E-state index contributed by atoms with van der Waals surface area (Å²) in [5.74, 6) is 0.904. The summed E-state index contributed by atoms with van der Waals surface area (Å²) in [5, 5.41) is -0.0834. The third-order valence-corrected chi connectivity index (χ3v) is 5.23. The molecule has 1 saturated heterocycles. The largest absolute Gasteiger partial charge is 0.446 e. The lowest BCUT2D eigenvalue weighted by molar-refractivity contribution is 0.344. The fourth-order valence-electron chi connectivity index (χ4n) is 2.46. The molecule has 1 aromatic heterocycles. The first-order chi connectivity index (χ1) is 10.5. The van der Waals surface area contributed by atoms with Crippen LogP contribution in [0.1, 0.15) is 25.6 Å². The summed E-state index contributed by atoms with van der Waals surface area (Å²) in [4.78, 5) is 0. The Morgan fingerprint density at radius 3 is 2.41 bits per heavy atom. The van der Waals surface area contributed by atoms with Crippen molar-refractivity contribution in [1.82, 2.24) is 10.9 Å². The zero-order valence-electron chi connectivity index (χ0n) is 12.4. The van der Waals surface area contributed by atoms with Gasteiger partial charge < -0.3 is 4.42 Å². The van der Waals surface area contributed by atoms with Gasteiger partial charge in [-0.2, -0.15) is 8.42 Å². The van der Waals surface area contributed by atoms with Gasteiger partial charge in [-0.25, -0.2) is 5.43 Å². The number of anilines is 1. The van der Waals surface area contributed by atoms with Crippen LogP contribution >= 0.6 is 0 Å². The Bertz CT molecular complexity index is 742. The molecule has 3 N–H and O–H groups in total. The monoisotopic (exact) mass is 321 g/mol. The molecule has 0 radical (unpaired) electrons. The lowest BCUT2D eigenvalue weighted by Gasteiger charge is -2.13. The van der Waals surface area contributed by atoms with Crippen molar-refractivity contribution in [2.45, 2.75) is 31.0 Å². The quantitative estimate of drug-likeness (QED) is 0.804. The van der Waals surface area contributed by atoms with Crippen molar-refractivity contribution in [3.8, 4) is 0 Å². The smallest absolute Gasteiger partial charge is 0.295 e. The van der Waals surface area contributed by atoms with Gasteiger partial charge in [0, 0.05) is 11.7 Å². The van der Waals surface area contributed by atoms with Crippen LogP contribution in [0.4, 0.5) is 5.69 Å². The second-order valence-corrected chi connectivity index (χ2v) is 7.16. The van der Waals surface area contributed by atoms with E-state index >= 15 is 0 Å². The molecule has 6 nitrogen and oxygen atoms in total. The highest BCUT2D eigenvalue weighted by Crippen LogP contribution is 2.30. The molecule has 2 aromatic rings. The first-order valence-corrected chi connectivity index (χ1v) is 8.64. The molecule has 7 heteroatoms. The van der Waals surface area contributed by atoms with Crippen LogP contribution in [0.2, 0.25) is 0 Å². The van der Waals surface area contributed by atoms with Crippen LogP contribution < -0.4 is 15.6 Å². The van der Waals surface area contributed by atoms with Crippen molar-refractivity contribution in [1.29, 1.82) is 0 Å². The molecule has 1 aliphatic rings. The normalized spacial score (nSPS) is 25.3. The van der Waals surface area contributed by atoms with Crippen LogP contribution in [-0.4, -0.2) is 14.5 Å². The summed E-state index contributed by atoms with van der Waals surface area (Å²) in [6.07, 6.45) is 0. The summed E-state index contributed by atoms with van der Waals surface area (Å²) in [5.41, 5.74) is 6.76. The van der Waals surface area contributed by atoms with E-state index in [1.54, 1.807) is 30.3 Å². The second-order valence-electron chi connectivity index (χ2n) is 5.54. The van der Waals surface area contributed by atoms with Crippen molar-refractivity contribution >= 4 is 15.7 Å². The first kappa shape index (κ1) is 15.1. The molecule has 1 fully saturated rings. The molecule has 2 heterocycles. The van der Waals surface area contributed by atoms with Gasteiger partial charge in [0.1, 0.15) is 5.76 Å². The average Bonchev–Trinajstić information content (AvgIpc) is 3.09. The third kappa shape index (κ3) is 2.87. The zero-order valence-corrected chi connectivity index (χ0v) is 13.2. The van der Waals surface area contributed by atoms with Gasteiger partial charge in [-0.3, -0.25) is 10.1 Å². The highest BCUT2D eigenvalue weighted by molar-refractivity contribution is 7.92. The first-order valence-electron chi connectivity index (χ1n) is 7.16. The second kappa shape index (κ2) is 5.75. The minimum Gasteiger partial charge on any atom is -0.446 e. The third-order valence-electron chi connectivity index (χ3n) is 3.98. The van der Waals surface area contributed by atoms with Gasteiger partial charge in [0.2, 0.25) is 5.09 Å². The molecule has 118 valence electrons. The molecular weight excluding hydrogens is 302 g/mol. The Morgan fingerprint density at radius 2 is 1.77 bits per heavy atom. The van der Waals surface area contributed by atoms with Crippen molar-refractivity contribution < 1.29 is 12.8 Å². The standard InChI is InChI=1S/C15H19N3O3S/c1-10-11(2)16-17-15(10)13-8-9-14(21-13)22(19,20)18-12-6-4-3-5-7-12/h3-11,15-18H,1-2H3. The highest BCUT2D eigenvalue weighted by Gasteiger charge is 2.33. The molecule has 22 heavy (non-hydrogen) atoms. The molecule has 0 aliphatic carbocycles. The van der Waals surface area contributed by atoms with E-state index < -0.39 is 10.0 Å². The molecule has 3 unspecified atom stereocenters. The van der Waals surface area contributed by atoms with E-state index in [0.29, 0.717) is 17.4 Å². The SMILES string of the molecule is CC1NNC(c2ccc(S(=O)(=O)Nc3ccccc3)o2)C1C. The zero-order chi connectivity index (χ0) is 15.7. The summed E-state index contributed by atoms with van der Waals surface area (Å²) in [7, 11) is -3.72. The fraction of sp³-hybridized carbons (Fsp3) is 0.333. The number of benzene rings is 1. The van der Waals surface area contributed by atoms with E-state index in [4.69, 9.17) is 4.42 Å². The minimum atomic E-state index is -3.72. The molecule has 0 spiro atoms. The van der Waals surface area contributed by atoms with E-state index in [-0.39, 0.29) is 17.2 Å². The summed E-state index contributed by atoms with van der Waals surface area (Å²) < 4.78 is 32.7. The van der Waals surface area contributed by atoms with Crippen LogP contribution in [0, 0.1) is 5.92 Å². The summed E-state index contributed by atoms with van der Waals surface area (Å²) >= 11 is 0. The van der Waals surface area contributed by atoms with E-state index in [2.05, 4.69) is 29.4 Å². The number of nitrogens with one attached hydrogen (secondary N) is 3. The maximum absolute atomic E-state index is 12.3. The molecule has 0 bridgehead atoms. The molecule has 3 rings (SSSR count).